The molecule has 0 aliphatic heterocycles. The van der Waals surface area contributed by atoms with Crippen LogP contribution in [0.1, 0.15) is 19.0 Å². The Kier molecular flexibility index (Phi) is 5.99. The van der Waals surface area contributed by atoms with Gasteiger partial charge in [-0.25, -0.2) is 4.98 Å². The molecule has 0 spiro atoms. The summed E-state index contributed by atoms with van der Waals surface area (Å²) in [7, 11) is 0. The molecule has 0 aliphatic carbocycles. The molecular weight excluding hydrogens is 293 g/mol. The maximum absolute atomic E-state index is 4.75. The number of benzene rings is 1. The summed E-state index contributed by atoms with van der Waals surface area (Å²) < 4.78 is 0. The summed E-state index contributed by atoms with van der Waals surface area (Å²) in [6.07, 6.45) is 5.69. The number of aromatic nitrogens is 3. The second kappa shape index (κ2) is 7.27. The van der Waals surface area contributed by atoms with Gasteiger partial charge < -0.3 is 4.98 Å². The molecular formula is C15H17Cl2N3. The van der Waals surface area contributed by atoms with Crippen LogP contribution in [0.2, 0.25) is 0 Å². The number of hydrogen-bond donors (Lipinski definition) is 1. The molecule has 0 saturated carbocycles. The Balaban J connectivity index is 0.000001000. The molecule has 3 nitrogen and oxygen atoms in total. The number of fused-ring (bicyclic) bond motifs is 1. The minimum atomic E-state index is 0. The largest absolute Gasteiger partial charge is 0.351 e. The maximum atomic E-state index is 4.75. The molecule has 106 valence electrons. The highest BCUT2D eigenvalue weighted by atomic mass is 35.5. The lowest BCUT2D eigenvalue weighted by Gasteiger charge is -2.07. The number of H-pyrrole nitrogens is 1. The Morgan fingerprint density at radius 1 is 1.15 bits per heavy atom. The van der Waals surface area contributed by atoms with Crippen molar-refractivity contribution in [3.63, 3.8) is 0 Å². The van der Waals surface area contributed by atoms with E-state index in [0.717, 1.165) is 35.3 Å². The van der Waals surface area contributed by atoms with Crippen molar-refractivity contribution in [1.82, 2.24) is 15.0 Å². The van der Waals surface area contributed by atoms with E-state index in [1.807, 2.05) is 12.3 Å². The van der Waals surface area contributed by atoms with Crippen molar-refractivity contribution in [3.8, 4) is 11.4 Å². The number of aromatic amines is 1. The predicted octanol–water partition coefficient (Wildman–Crippen LogP) is 4.42. The Morgan fingerprint density at radius 3 is 2.65 bits per heavy atom. The van der Waals surface area contributed by atoms with E-state index >= 15 is 0 Å². The smallest absolute Gasteiger partial charge is 0.107 e. The predicted molar refractivity (Wildman–Crippen MR) is 87.8 cm³/mol. The van der Waals surface area contributed by atoms with E-state index in [0.29, 0.717) is 0 Å². The van der Waals surface area contributed by atoms with Crippen LogP contribution in [0.25, 0.3) is 22.2 Å². The lowest BCUT2D eigenvalue weighted by atomic mass is 10.1. The number of imidazole rings is 1. The number of pyridine rings is 1. The fraction of sp³-hybridized carbons (Fsp3) is 0.200. The van der Waals surface area contributed by atoms with Crippen molar-refractivity contribution < 1.29 is 0 Å². The van der Waals surface area contributed by atoms with E-state index < -0.39 is 0 Å². The van der Waals surface area contributed by atoms with Gasteiger partial charge in [0.2, 0.25) is 0 Å². The van der Waals surface area contributed by atoms with Gasteiger partial charge in [-0.2, -0.15) is 0 Å². The van der Waals surface area contributed by atoms with Crippen molar-refractivity contribution in [3.05, 3.63) is 48.5 Å². The van der Waals surface area contributed by atoms with E-state index in [-0.39, 0.29) is 24.8 Å². The van der Waals surface area contributed by atoms with Crippen LogP contribution in [0.5, 0.6) is 0 Å². The van der Waals surface area contributed by atoms with Crippen LogP contribution in [0.4, 0.5) is 0 Å². The van der Waals surface area contributed by atoms with Gasteiger partial charge in [0.05, 0.1) is 12.0 Å². The average Bonchev–Trinajstić information content (AvgIpc) is 2.92. The molecule has 0 fully saturated rings. The van der Waals surface area contributed by atoms with E-state index in [4.69, 9.17) is 4.98 Å². The zero-order valence-corrected chi connectivity index (χ0v) is 12.8. The Bertz CT molecular complexity index is 666. The number of rotatable bonds is 3. The second-order valence-electron chi connectivity index (χ2n) is 4.39. The van der Waals surface area contributed by atoms with Gasteiger partial charge in [-0.3, -0.25) is 4.98 Å². The van der Waals surface area contributed by atoms with Gasteiger partial charge in [0.25, 0.3) is 0 Å². The van der Waals surface area contributed by atoms with Crippen molar-refractivity contribution in [1.29, 1.82) is 0 Å². The fourth-order valence-electron chi connectivity index (χ4n) is 2.22. The number of nitrogens with zero attached hydrogens (tertiary/aromatic N) is 2. The molecule has 0 radical (unpaired) electrons. The number of hydrogen-bond acceptors (Lipinski definition) is 2. The van der Waals surface area contributed by atoms with Gasteiger partial charge in [-0.15, -0.1) is 24.8 Å². The zero-order chi connectivity index (χ0) is 12.4. The molecule has 20 heavy (non-hydrogen) atoms. The quantitative estimate of drug-likeness (QED) is 0.778. The zero-order valence-electron chi connectivity index (χ0n) is 11.2. The first kappa shape index (κ1) is 16.5. The summed E-state index contributed by atoms with van der Waals surface area (Å²) in [5.41, 5.74) is 3.01. The third-order valence-electron chi connectivity index (χ3n) is 3.04. The molecule has 0 unspecified atom stereocenters. The highest BCUT2D eigenvalue weighted by Gasteiger charge is 2.09. The first-order valence-electron chi connectivity index (χ1n) is 6.26. The van der Waals surface area contributed by atoms with Crippen LogP contribution in [0.3, 0.4) is 0 Å². The van der Waals surface area contributed by atoms with Crippen molar-refractivity contribution >= 4 is 35.6 Å². The van der Waals surface area contributed by atoms with Crippen LogP contribution < -0.4 is 0 Å². The SMILES string of the molecule is CCCc1cc2ccccc2c(-c2c[nH]cn2)n1.Cl.Cl. The summed E-state index contributed by atoms with van der Waals surface area (Å²) in [5, 5.41) is 2.39. The Morgan fingerprint density at radius 2 is 1.95 bits per heavy atom. The van der Waals surface area contributed by atoms with Crippen LogP contribution in [0, 0.1) is 0 Å². The molecule has 2 heterocycles. The van der Waals surface area contributed by atoms with E-state index in [1.165, 1.54) is 5.39 Å². The summed E-state index contributed by atoms with van der Waals surface area (Å²) in [6, 6.07) is 10.5. The summed E-state index contributed by atoms with van der Waals surface area (Å²) in [4.78, 5) is 12.1. The lowest BCUT2D eigenvalue weighted by molar-refractivity contribution is 0.887. The molecule has 0 bridgehead atoms. The first-order chi connectivity index (χ1) is 8.88. The number of nitrogens with one attached hydrogen (secondary N) is 1. The van der Waals surface area contributed by atoms with Gasteiger partial charge in [0.1, 0.15) is 5.69 Å². The fourth-order valence-corrected chi connectivity index (χ4v) is 2.22. The molecule has 0 aliphatic rings. The molecule has 1 aromatic carbocycles. The van der Waals surface area contributed by atoms with E-state index in [1.54, 1.807) is 6.33 Å². The average molecular weight is 310 g/mol. The van der Waals surface area contributed by atoms with Crippen LogP contribution >= 0.6 is 24.8 Å². The third-order valence-corrected chi connectivity index (χ3v) is 3.04. The van der Waals surface area contributed by atoms with Crippen LogP contribution in [-0.2, 0) is 6.42 Å². The lowest BCUT2D eigenvalue weighted by Crippen LogP contribution is -1.94. The van der Waals surface area contributed by atoms with E-state index in [2.05, 4.69) is 41.2 Å². The maximum Gasteiger partial charge on any atom is 0.107 e. The normalized spacial score (nSPS) is 9.85. The minimum Gasteiger partial charge on any atom is -0.351 e. The highest BCUT2D eigenvalue weighted by Crippen LogP contribution is 2.26. The topological polar surface area (TPSA) is 41.6 Å². The van der Waals surface area contributed by atoms with Gasteiger partial charge in [0, 0.05) is 17.3 Å². The van der Waals surface area contributed by atoms with Crippen LogP contribution in [0.15, 0.2) is 42.9 Å². The first-order valence-corrected chi connectivity index (χ1v) is 6.26. The minimum absolute atomic E-state index is 0. The molecule has 0 amide bonds. The molecule has 2 aromatic heterocycles. The van der Waals surface area contributed by atoms with Crippen molar-refractivity contribution in [2.75, 3.05) is 0 Å². The summed E-state index contributed by atoms with van der Waals surface area (Å²) in [5.74, 6) is 0. The second-order valence-corrected chi connectivity index (χ2v) is 4.39. The molecule has 5 heteroatoms. The number of halogens is 2. The van der Waals surface area contributed by atoms with Gasteiger partial charge >= 0.3 is 0 Å². The summed E-state index contributed by atoms with van der Waals surface area (Å²) >= 11 is 0. The van der Waals surface area contributed by atoms with Gasteiger partial charge in [-0.1, -0.05) is 37.6 Å². The molecule has 0 atom stereocenters. The molecule has 3 aromatic rings. The third kappa shape index (κ3) is 3.11. The molecule has 0 saturated heterocycles. The highest BCUT2D eigenvalue weighted by molar-refractivity contribution is 5.93. The summed E-state index contributed by atoms with van der Waals surface area (Å²) in [6.45, 7) is 2.17. The number of aryl methyl sites for hydroxylation is 1. The Hall–Kier alpha value is -1.58. The van der Waals surface area contributed by atoms with E-state index in [9.17, 15) is 0 Å². The monoisotopic (exact) mass is 309 g/mol. The van der Waals surface area contributed by atoms with Crippen molar-refractivity contribution in [2.24, 2.45) is 0 Å². The van der Waals surface area contributed by atoms with Gasteiger partial charge in [-0.05, 0) is 17.9 Å². The molecule has 3 rings (SSSR count). The standard InChI is InChI=1S/C15H15N3.2ClH/c1-2-5-12-8-11-6-3-4-7-13(11)15(18-12)14-9-16-10-17-14;;/h3-4,6-10H,2,5H2,1H3,(H,16,17);2*1H. The van der Waals surface area contributed by atoms with Crippen LogP contribution in [-0.4, -0.2) is 15.0 Å². The Labute approximate surface area is 130 Å². The molecule has 1 N–H and O–H groups in total. The van der Waals surface area contributed by atoms with Gasteiger partial charge in [0.15, 0.2) is 0 Å². The van der Waals surface area contributed by atoms with Crippen molar-refractivity contribution in [2.45, 2.75) is 19.8 Å².